The molecule has 2 unspecified atom stereocenters. The molecule has 0 aliphatic carbocycles. The van der Waals surface area contributed by atoms with Gasteiger partial charge in [0.2, 0.25) is 0 Å². The lowest BCUT2D eigenvalue weighted by Gasteiger charge is -2.39. The first-order valence-electron chi connectivity index (χ1n) is 9.67. The molecule has 2 atom stereocenters. The van der Waals surface area contributed by atoms with E-state index in [0.29, 0.717) is 13.2 Å². The molecule has 146 valence electrons. The van der Waals surface area contributed by atoms with E-state index in [-0.39, 0.29) is 18.4 Å². The third-order valence-corrected chi connectivity index (χ3v) is 5.58. The number of aliphatic imine (C=N–C) groups is 3. The van der Waals surface area contributed by atoms with Crippen LogP contribution in [0.4, 0.5) is 5.69 Å². The number of ether oxygens (including phenoxy) is 1. The zero-order chi connectivity index (χ0) is 19.8. The van der Waals surface area contributed by atoms with Crippen molar-refractivity contribution in [3.8, 4) is 0 Å². The molecule has 0 amide bonds. The van der Waals surface area contributed by atoms with Crippen molar-refractivity contribution in [3.05, 3.63) is 65.8 Å². The van der Waals surface area contributed by atoms with Gasteiger partial charge < -0.3 is 14.2 Å². The monoisotopic (exact) mass is 387 g/mol. The zero-order valence-corrected chi connectivity index (χ0v) is 16.1. The van der Waals surface area contributed by atoms with Crippen molar-refractivity contribution in [1.29, 1.82) is 0 Å². The largest absolute Gasteiger partial charge is 0.492 e. The fraction of sp³-hybridized carbons (Fsp3) is 0.273. The van der Waals surface area contributed by atoms with Crippen molar-refractivity contribution >= 4 is 29.7 Å². The topological polar surface area (TPSA) is 71.6 Å². The number of rotatable bonds is 0. The van der Waals surface area contributed by atoms with E-state index in [2.05, 4.69) is 44.6 Å². The predicted molar refractivity (Wildman–Crippen MR) is 112 cm³/mol. The van der Waals surface area contributed by atoms with Gasteiger partial charge in [-0.25, -0.2) is 4.99 Å². The van der Waals surface area contributed by atoms with E-state index >= 15 is 0 Å². The molecule has 7 heteroatoms. The predicted octanol–water partition coefficient (Wildman–Crippen LogP) is 3.09. The normalized spacial score (nSPS) is 23.0. The van der Waals surface area contributed by atoms with Gasteiger partial charge >= 0.3 is 0 Å². The van der Waals surface area contributed by atoms with Crippen molar-refractivity contribution in [3.63, 3.8) is 0 Å². The minimum Gasteiger partial charge on any atom is -0.492 e. The Balaban J connectivity index is 1.67. The summed E-state index contributed by atoms with van der Waals surface area (Å²) in [6.07, 6.45) is 8.50. The number of carbonyl (C=O) groups excluding carboxylic acids is 1. The first kappa shape index (κ1) is 17.6. The number of fused-ring (bicyclic) bond motifs is 1. The summed E-state index contributed by atoms with van der Waals surface area (Å²) in [6, 6.07) is 10.4. The van der Waals surface area contributed by atoms with Crippen LogP contribution in [0.5, 0.6) is 0 Å². The highest BCUT2D eigenvalue weighted by molar-refractivity contribution is 6.17. The molecule has 4 heterocycles. The number of benzene rings is 1. The number of carbonyl (C=O) groups is 1. The van der Waals surface area contributed by atoms with Gasteiger partial charge in [-0.1, -0.05) is 18.2 Å². The van der Waals surface area contributed by atoms with Crippen LogP contribution in [0.3, 0.4) is 0 Å². The van der Waals surface area contributed by atoms with Crippen molar-refractivity contribution in [2.75, 3.05) is 13.3 Å². The Morgan fingerprint density at radius 3 is 3.07 bits per heavy atom. The highest BCUT2D eigenvalue weighted by Gasteiger charge is 2.36. The van der Waals surface area contributed by atoms with Crippen molar-refractivity contribution in [2.45, 2.75) is 19.5 Å². The maximum absolute atomic E-state index is 12.8. The number of hydrogen-bond donors (Lipinski definition) is 0. The van der Waals surface area contributed by atoms with Crippen LogP contribution in [0.1, 0.15) is 29.8 Å². The minimum atomic E-state index is -0.503. The van der Waals surface area contributed by atoms with Gasteiger partial charge in [0.25, 0.3) is 0 Å². The summed E-state index contributed by atoms with van der Waals surface area (Å²) in [5.74, 6) is 0.181. The molecular weight excluding hydrogens is 366 g/mol. The number of amidine groups is 1. The molecule has 0 saturated carbocycles. The Labute approximate surface area is 168 Å². The van der Waals surface area contributed by atoms with E-state index in [1.54, 1.807) is 18.6 Å². The summed E-state index contributed by atoms with van der Waals surface area (Å²) in [5.41, 5.74) is 4.20. The Morgan fingerprint density at radius 2 is 2.14 bits per heavy atom. The molecule has 2 aromatic rings. The molecule has 1 aromatic heterocycles. The van der Waals surface area contributed by atoms with Crippen LogP contribution < -0.4 is 0 Å². The summed E-state index contributed by atoms with van der Waals surface area (Å²) in [7, 11) is 0. The molecule has 1 aromatic carbocycles. The summed E-state index contributed by atoms with van der Waals surface area (Å²) in [6.45, 7) is 3.27. The van der Waals surface area contributed by atoms with Crippen LogP contribution in [0.25, 0.3) is 0 Å². The van der Waals surface area contributed by atoms with Gasteiger partial charge in [0, 0.05) is 24.5 Å². The molecule has 3 aliphatic heterocycles. The maximum atomic E-state index is 12.8. The van der Waals surface area contributed by atoms with E-state index in [4.69, 9.17) is 9.73 Å². The van der Waals surface area contributed by atoms with Gasteiger partial charge in [-0.3, -0.25) is 14.8 Å². The molecule has 0 spiro atoms. The quantitative estimate of drug-likeness (QED) is 0.697. The van der Waals surface area contributed by atoms with Crippen molar-refractivity contribution < 1.29 is 9.53 Å². The molecule has 0 N–H and O–H groups in total. The highest BCUT2D eigenvalue weighted by Crippen LogP contribution is 2.39. The first-order chi connectivity index (χ1) is 14.2. The average Bonchev–Trinajstić information content (AvgIpc) is 3.17. The van der Waals surface area contributed by atoms with Crippen molar-refractivity contribution in [2.24, 2.45) is 20.9 Å². The van der Waals surface area contributed by atoms with E-state index in [1.807, 2.05) is 18.3 Å². The molecule has 7 nitrogen and oxygen atoms in total. The molecule has 3 aliphatic rings. The Kier molecular flexibility index (Phi) is 4.35. The second kappa shape index (κ2) is 7.16. The van der Waals surface area contributed by atoms with E-state index in [0.717, 1.165) is 28.3 Å². The van der Waals surface area contributed by atoms with Gasteiger partial charge in [0.15, 0.2) is 5.78 Å². The van der Waals surface area contributed by atoms with Crippen LogP contribution in [-0.4, -0.2) is 46.8 Å². The van der Waals surface area contributed by atoms with Crippen LogP contribution in [-0.2, 0) is 16.1 Å². The third kappa shape index (κ3) is 3.08. The molecule has 0 saturated heterocycles. The Bertz CT molecular complexity index is 1080. The lowest BCUT2D eigenvalue weighted by atomic mass is 9.94. The lowest BCUT2D eigenvalue weighted by Crippen LogP contribution is -2.47. The molecule has 0 radical (unpaired) electrons. The zero-order valence-electron chi connectivity index (χ0n) is 16.1. The smallest absolute Gasteiger partial charge is 0.186 e. The summed E-state index contributed by atoms with van der Waals surface area (Å²) in [5, 5.41) is 0. The number of aromatic nitrogens is 1. The summed E-state index contributed by atoms with van der Waals surface area (Å²) < 4.78 is 7.54. The average molecular weight is 387 g/mol. The lowest BCUT2D eigenvalue weighted by molar-refractivity contribution is -0.122. The Hall–Kier alpha value is -3.48. The van der Waals surface area contributed by atoms with Gasteiger partial charge in [-0.15, -0.1) is 0 Å². The van der Waals surface area contributed by atoms with Crippen LogP contribution in [0.2, 0.25) is 0 Å². The van der Waals surface area contributed by atoms with E-state index in [1.165, 1.54) is 6.26 Å². The van der Waals surface area contributed by atoms with Gasteiger partial charge in [0.05, 0.1) is 29.8 Å². The van der Waals surface area contributed by atoms with E-state index in [9.17, 15) is 4.79 Å². The summed E-state index contributed by atoms with van der Waals surface area (Å²) >= 11 is 0. The number of ketones is 1. The fourth-order valence-electron chi connectivity index (χ4n) is 4.02. The second-order valence-electron chi connectivity index (χ2n) is 7.32. The highest BCUT2D eigenvalue weighted by atomic mass is 16.5. The maximum Gasteiger partial charge on any atom is 0.186 e. The van der Waals surface area contributed by atoms with Gasteiger partial charge in [0.1, 0.15) is 31.3 Å². The van der Waals surface area contributed by atoms with Crippen LogP contribution in [0, 0.1) is 5.92 Å². The molecule has 0 fully saturated rings. The number of hydrogen-bond acceptors (Lipinski definition) is 6. The molecule has 5 rings (SSSR count). The SMILES string of the molecule is CC1c2cccc3c2N=C2C(C=NCN21)C(=O)COC=CN=Cc1cccn1C3. The van der Waals surface area contributed by atoms with Crippen molar-refractivity contribution in [1.82, 2.24) is 9.47 Å². The second-order valence-corrected chi connectivity index (χ2v) is 7.32. The molecule has 2 bridgehead atoms. The minimum absolute atomic E-state index is 0.0468. The third-order valence-electron chi connectivity index (χ3n) is 5.58. The first-order valence-corrected chi connectivity index (χ1v) is 9.67. The van der Waals surface area contributed by atoms with Crippen LogP contribution in [0.15, 0.2) is 64.0 Å². The molecular formula is C22H21N5O2. The number of nitrogens with zero attached hydrogens (tertiary/aromatic N) is 5. The Morgan fingerprint density at radius 1 is 1.21 bits per heavy atom. The standard InChI is InChI=1S/C22H21N5O2/c1-15-18-6-2-4-16-12-26-8-3-5-17(26)10-23-7-9-29-13-20(28)19-11-24-14-27(15)22(19)25-21(16)18/h2-11,15,19H,12-14H2,1H3. The fourth-order valence-corrected chi connectivity index (χ4v) is 4.02. The van der Waals surface area contributed by atoms with Gasteiger partial charge in [-0.2, -0.15) is 0 Å². The number of Topliss-reactive ketones (excluding diaryl/α,β-unsaturated/α-hetero) is 1. The van der Waals surface area contributed by atoms with E-state index < -0.39 is 5.92 Å². The van der Waals surface area contributed by atoms with Crippen LogP contribution >= 0.6 is 0 Å². The summed E-state index contributed by atoms with van der Waals surface area (Å²) in [4.78, 5) is 28.6. The number of para-hydroxylation sites is 1. The van der Waals surface area contributed by atoms with Gasteiger partial charge in [-0.05, 0) is 24.6 Å². The molecule has 29 heavy (non-hydrogen) atoms.